The van der Waals surface area contributed by atoms with Crippen LogP contribution in [0.2, 0.25) is 0 Å². The molecular weight excluding hydrogens is 290 g/mol. The predicted octanol–water partition coefficient (Wildman–Crippen LogP) is 3.48. The van der Waals surface area contributed by atoms with Crippen LogP contribution in [0, 0.1) is 0 Å². The Hall–Kier alpha value is -2.04. The maximum atomic E-state index is 11.2. The number of hydrogen-bond acceptors (Lipinski definition) is 3. The van der Waals surface area contributed by atoms with E-state index < -0.39 is 5.76 Å². The average molecular weight is 302 g/mol. The molecule has 1 aromatic heterocycles. The molecule has 1 aliphatic heterocycles. The van der Waals surface area contributed by atoms with Crippen molar-refractivity contribution in [2.45, 2.75) is 18.6 Å². The predicted molar refractivity (Wildman–Crippen MR) is 79.5 cm³/mol. The van der Waals surface area contributed by atoms with Crippen molar-refractivity contribution in [2.75, 3.05) is 0 Å². The van der Waals surface area contributed by atoms with Gasteiger partial charge in [-0.3, -0.25) is 4.98 Å². The van der Waals surface area contributed by atoms with Gasteiger partial charge >= 0.3 is 5.76 Å². The zero-order chi connectivity index (χ0) is 14.4. The molecule has 2 aromatic carbocycles. The monoisotopic (exact) mass is 301 g/mol. The van der Waals surface area contributed by atoms with Gasteiger partial charge in [-0.05, 0) is 34.4 Å². The molecular formula is C16H12ClNO3. The van der Waals surface area contributed by atoms with E-state index in [1.807, 2.05) is 12.1 Å². The first-order valence-corrected chi connectivity index (χ1v) is 7.10. The summed E-state index contributed by atoms with van der Waals surface area (Å²) in [7, 11) is 0. The zero-order valence-electron chi connectivity index (χ0n) is 11.1. The van der Waals surface area contributed by atoms with Crippen LogP contribution >= 0.6 is 11.6 Å². The van der Waals surface area contributed by atoms with Crippen LogP contribution in [0.5, 0.6) is 0 Å². The molecule has 0 fully saturated rings. The first-order valence-electron chi connectivity index (χ1n) is 6.67. The Kier molecular flexibility index (Phi) is 2.87. The number of hydrogen-bond donors (Lipinski definition) is 1. The van der Waals surface area contributed by atoms with Gasteiger partial charge in [-0.15, -0.1) is 11.6 Å². The van der Waals surface area contributed by atoms with Crippen LogP contribution in [0.15, 0.2) is 45.6 Å². The van der Waals surface area contributed by atoms with Crippen molar-refractivity contribution in [3.8, 4) is 0 Å². The van der Waals surface area contributed by atoms with Crippen molar-refractivity contribution >= 4 is 22.7 Å². The lowest BCUT2D eigenvalue weighted by atomic mass is 10.00. The molecule has 3 aromatic rings. The number of alkyl halides is 1. The molecule has 5 heteroatoms. The molecule has 0 spiro atoms. The Labute approximate surface area is 125 Å². The lowest BCUT2D eigenvalue weighted by Gasteiger charge is -2.11. The normalized spacial score (nSPS) is 15.3. The smallest absolute Gasteiger partial charge is 0.408 e. The van der Waals surface area contributed by atoms with Crippen LogP contribution in [-0.4, -0.2) is 4.98 Å². The minimum atomic E-state index is -0.456. The topological polar surface area (TPSA) is 55.2 Å². The van der Waals surface area contributed by atoms with Crippen molar-refractivity contribution < 1.29 is 9.15 Å². The third-order valence-corrected chi connectivity index (χ3v) is 4.28. The van der Waals surface area contributed by atoms with E-state index >= 15 is 0 Å². The highest BCUT2D eigenvalue weighted by atomic mass is 35.5. The number of ether oxygens (including phenoxy) is 1. The third kappa shape index (κ3) is 2.17. The highest BCUT2D eigenvalue weighted by molar-refractivity contribution is 6.22. The van der Waals surface area contributed by atoms with E-state index in [0.29, 0.717) is 24.3 Å². The molecule has 2 heterocycles. The molecule has 0 aliphatic carbocycles. The zero-order valence-corrected chi connectivity index (χ0v) is 11.8. The quantitative estimate of drug-likeness (QED) is 0.737. The number of halogens is 1. The highest BCUT2D eigenvalue weighted by Crippen LogP contribution is 2.33. The maximum absolute atomic E-state index is 11.2. The second-order valence-electron chi connectivity index (χ2n) is 5.15. The van der Waals surface area contributed by atoms with Gasteiger partial charge in [0, 0.05) is 0 Å². The van der Waals surface area contributed by atoms with E-state index in [4.69, 9.17) is 20.8 Å². The van der Waals surface area contributed by atoms with Gasteiger partial charge in [-0.2, -0.15) is 0 Å². The van der Waals surface area contributed by atoms with Crippen molar-refractivity contribution in [2.24, 2.45) is 0 Å². The third-order valence-electron chi connectivity index (χ3n) is 3.78. The molecule has 1 atom stereocenters. The van der Waals surface area contributed by atoms with Crippen LogP contribution in [-0.2, 0) is 18.0 Å². The molecule has 4 rings (SSSR count). The molecule has 21 heavy (non-hydrogen) atoms. The van der Waals surface area contributed by atoms with Crippen LogP contribution < -0.4 is 5.76 Å². The van der Waals surface area contributed by atoms with Gasteiger partial charge < -0.3 is 9.15 Å². The Morgan fingerprint density at radius 1 is 1.05 bits per heavy atom. The van der Waals surface area contributed by atoms with Crippen LogP contribution in [0.1, 0.15) is 27.6 Å². The summed E-state index contributed by atoms with van der Waals surface area (Å²) in [5, 5.41) is -0.291. The average Bonchev–Trinajstić information content (AvgIpc) is 3.09. The van der Waals surface area contributed by atoms with Crippen LogP contribution in [0.3, 0.4) is 0 Å². The molecule has 0 saturated heterocycles. The summed E-state index contributed by atoms with van der Waals surface area (Å²) in [6.07, 6.45) is 0. The Bertz CT molecular complexity index is 881. The number of benzene rings is 2. The summed E-state index contributed by atoms with van der Waals surface area (Å²) in [5.74, 6) is -0.456. The second kappa shape index (κ2) is 4.76. The fourth-order valence-corrected chi connectivity index (χ4v) is 2.93. The van der Waals surface area contributed by atoms with E-state index in [-0.39, 0.29) is 5.38 Å². The van der Waals surface area contributed by atoms with Crippen molar-refractivity contribution in [1.29, 1.82) is 0 Å². The number of aromatic nitrogens is 1. The molecule has 1 unspecified atom stereocenters. The van der Waals surface area contributed by atoms with Crippen molar-refractivity contribution in [1.82, 2.24) is 4.98 Å². The van der Waals surface area contributed by atoms with Gasteiger partial charge in [0.25, 0.3) is 0 Å². The molecule has 0 saturated carbocycles. The summed E-state index contributed by atoms with van der Waals surface area (Å²) in [6, 6.07) is 11.7. The van der Waals surface area contributed by atoms with E-state index in [2.05, 4.69) is 17.1 Å². The molecule has 0 bridgehead atoms. The van der Waals surface area contributed by atoms with Crippen LogP contribution in [0.4, 0.5) is 0 Å². The van der Waals surface area contributed by atoms with Crippen LogP contribution in [0.25, 0.3) is 11.1 Å². The summed E-state index contributed by atoms with van der Waals surface area (Å²) in [4.78, 5) is 13.8. The van der Waals surface area contributed by atoms with E-state index in [0.717, 1.165) is 11.1 Å². The molecule has 106 valence electrons. The summed E-state index contributed by atoms with van der Waals surface area (Å²) in [5.41, 5.74) is 5.51. The Morgan fingerprint density at radius 3 is 2.71 bits per heavy atom. The highest BCUT2D eigenvalue weighted by Gasteiger charge is 2.17. The number of rotatable bonds is 2. The van der Waals surface area contributed by atoms with E-state index in [1.54, 1.807) is 12.1 Å². The van der Waals surface area contributed by atoms with Gasteiger partial charge in [0.2, 0.25) is 0 Å². The van der Waals surface area contributed by atoms with Gasteiger partial charge in [0.1, 0.15) is 0 Å². The van der Waals surface area contributed by atoms with Gasteiger partial charge in [0.05, 0.1) is 24.1 Å². The molecule has 0 amide bonds. The Balaban J connectivity index is 1.75. The number of nitrogens with one attached hydrogen (secondary N) is 1. The fraction of sp³-hybridized carbons (Fsp3) is 0.188. The minimum Gasteiger partial charge on any atom is -0.408 e. The van der Waals surface area contributed by atoms with Gasteiger partial charge in [-0.1, -0.05) is 24.3 Å². The maximum Gasteiger partial charge on any atom is 0.417 e. The molecule has 1 N–H and O–H groups in total. The summed E-state index contributed by atoms with van der Waals surface area (Å²) >= 11 is 6.57. The van der Waals surface area contributed by atoms with E-state index in [9.17, 15) is 4.79 Å². The Morgan fingerprint density at radius 2 is 1.81 bits per heavy atom. The van der Waals surface area contributed by atoms with Crippen molar-refractivity contribution in [3.05, 3.63) is 69.2 Å². The second-order valence-corrected chi connectivity index (χ2v) is 5.59. The van der Waals surface area contributed by atoms with Crippen molar-refractivity contribution in [3.63, 3.8) is 0 Å². The number of aromatic amines is 1. The SMILES string of the molecule is O=c1[nH]c2ccc(C(Cl)c3ccc4c(c3)COC4)cc2o1. The lowest BCUT2D eigenvalue weighted by Crippen LogP contribution is -1.95. The molecule has 4 nitrogen and oxygen atoms in total. The standard InChI is InChI=1S/C16H12ClNO3/c17-15(9-1-2-11-7-20-8-12(11)5-9)10-3-4-13-14(6-10)21-16(19)18-13/h1-6,15H,7-8H2,(H,18,19). The molecule has 1 aliphatic rings. The molecule has 0 radical (unpaired) electrons. The number of fused-ring (bicyclic) bond motifs is 2. The minimum absolute atomic E-state index is 0.291. The first kappa shape index (κ1) is 12.7. The number of oxazole rings is 1. The van der Waals surface area contributed by atoms with E-state index in [1.165, 1.54) is 11.1 Å². The van der Waals surface area contributed by atoms with Gasteiger partial charge in [-0.25, -0.2) is 4.79 Å². The fourth-order valence-electron chi connectivity index (χ4n) is 2.66. The first-order chi connectivity index (χ1) is 10.2. The summed E-state index contributed by atoms with van der Waals surface area (Å²) in [6.45, 7) is 1.31. The summed E-state index contributed by atoms with van der Waals surface area (Å²) < 4.78 is 10.5. The largest absolute Gasteiger partial charge is 0.417 e. The number of H-pyrrole nitrogens is 1. The lowest BCUT2D eigenvalue weighted by molar-refractivity contribution is 0.134. The van der Waals surface area contributed by atoms with Gasteiger partial charge in [0.15, 0.2) is 5.58 Å².